The highest BCUT2D eigenvalue weighted by Gasteiger charge is 2.46. The van der Waals surface area contributed by atoms with Gasteiger partial charge in [-0.2, -0.15) is 0 Å². The Morgan fingerprint density at radius 2 is 2.00 bits per heavy atom. The molecular weight excluding hydrogens is 321 g/mol. The van der Waals surface area contributed by atoms with E-state index in [0.717, 1.165) is 6.42 Å². The van der Waals surface area contributed by atoms with Crippen molar-refractivity contribution in [3.63, 3.8) is 0 Å². The van der Waals surface area contributed by atoms with Crippen LogP contribution in [0.25, 0.3) is 0 Å². The van der Waals surface area contributed by atoms with Crippen molar-refractivity contribution in [3.05, 3.63) is 0 Å². The van der Waals surface area contributed by atoms with Gasteiger partial charge in [0, 0.05) is 27.2 Å². The molecule has 0 radical (unpaired) electrons. The first kappa shape index (κ1) is 18.4. The van der Waals surface area contributed by atoms with Crippen LogP contribution in [0.2, 0.25) is 0 Å². The zero-order valence-electron chi connectivity index (χ0n) is 12.1. The average Bonchev–Trinajstić information content (AvgIpc) is 2.66. The molecule has 1 saturated carbocycles. The van der Waals surface area contributed by atoms with Crippen molar-refractivity contribution in [2.24, 2.45) is 5.92 Å². The third kappa shape index (κ3) is 4.96. The fourth-order valence-electron chi connectivity index (χ4n) is 2.51. The highest BCUT2D eigenvalue weighted by molar-refractivity contribution is 8.07. The van der Waals surface area contributed by atoms with Crippen molar-refractivity contribution in [2.75, 3.05) is 27.9 Å². The topological polar surface area (TPSA) is 69.2 Å². The van der Waals surface area contributed by atoms with E-state index in [1.54, 1.807) is 14.2 Å². The molecule has 0 spiro atoms. The van der Waals surface area contributed by atoms with Crippen molar-refractivity contribution in [2.45, 2.75) is 31.6 Å². The molecule has 20 heavy (non-hydrogen) atoms. The van der Waals surface area contributed by atoms with Crippen molar-refractivity contribution in [3.8, 4) is 0 Å². The summed E-state index contributed by atoms with van der Waals surface area (Å²) in [5.74, 6) is 0.0430. The fourth-order valence-corrected chi connectivity index (χ4v) is 3.65. The Bertz CT molecular complexity index is 384. The lowest BCUT2D eigenvalue weighted by Crippen LogP contribution is -2.43. The van der Waals surface area contributed by atoms with Gasteiger partial charge in [-0.15, -0.1) is 0 Å². The maximum absolute atomic E-state index is 9.89. The monoisotopic (exact) mass is 343 g/mol. The molecule has 0 aliphatic heterocycles. The first-order valence-corrected chi connectivity index (χ1v) is 9.20. The average molecular weight is 343 g/mol. The van der Waals surface area contributed by atoms with Crippen LogP contribution in [-0.4, -0.2) is 56.1 Å². The maximum Gasteiger partial charge on any atom is 0.324 e. The maximum atomic E-state index is 9.89. The fraction of sp³-hybridized carbons (Fsp3) is 0.909. The molecule has 2 unspecified atom stereocenters. The van der Waals surface area contributed by atoms with Crippen molar-refractivity contribution < 1.29 is 23.4 Å². The van der Waals surface area contributed by atoms with Gasteiger partial charge in [0.25, 0.3) is 0 Å². The molecule has 0 aromatic heterocycles. The molecule has 1 fully saturated rings. The van der Waals surface area contributed by atoms with Crippen LogP contribution in [0, 0.1) is 5.92 Å². The number of thiocarbonyl (C=S) groups is 1. The molecule has 1 rings (SSSR count). The van der Waals surface area contributed by atoms with Gasteiger partial charge in [-0.1, -0.05) is 12.2 Å². The smallest absolute Gasteiger partial charge is 0.324 e. The van der Waals surface area contributed by atoms with Gasteiger partial charge in [-0.05, 0) is 25.2 Å². The highest BCUT2D eigenvalue weighted by Crippen LogP contribution is 2.48. The van der Waals surface area contributed by atoms with E-state index >= 15 is 0 Å². The Hall–Kier alpha value is 0.340. The second-order valence-electron chi connectivity index (χ2n) is 4.68. The van der Waals surface area contributed by atoms with Crippen LogP contribution in [0.3, 0.4) is 0 Å². The number of methoxy groups -OCH3 is 2. The van der Waals surface area contributed by atoms with Crippen LogP contribution in [0.1, 0.15) is 13.3 Å². The summed E-state index contributed by atoms with van der Waals surface area (Å²) in [4.78, 5) is 10.6. The van der Waals surface area contributed by atoms with Gasteiger partial charge >= 0.3 is 6.72 Å². The molecule has 0 bridgehead atoms. The number of rotatable bonds is 7. The van der Waals surface area contributed by atoms with Gasteiger partial charge in [0.1, 0.15) is 12.2 Å². The predicted octanol–water partition coefficient (Wildman–Crippen LogP) is 1.22. The van der Waals surface area contributed by atoms with Gasteiger partial charge in [0.15, 0.2) is 0 Å². The highest BCUT2D eigenvalue weighted by atomic mass is 32.5. The van der Waals surface area contributed by atoms with Gasteiger partial charge in [-0.3, -0.25) is 0 Å². The summed E-state index contributed by atoms with van der Waals surface area (Å²) in [5, 5.41) is 3.19. The summed E-state index contributed by atoms with van der Waals surface area (Å²) in [5.41, 5.74) is 0. The first-order valence-electron chi connectivity index (χ1n) is 6.20. The van der Waals surface area contributed by atoms with Gasteiger partial charge < -0.3 is 28.7 Å². The van der Waals surface area contributed by atoms with Crippen molar-refractivity contribution in [1.29, 1.82) is 0 Å². The lowest BCUT2D eigenvalue weighted by molar-refractivity contribution is -0.0206. The van der Waals surface area contributed by atoms with E-state index in [1.807, 2.05) is 6.92 Å². The summed E-state index contributed by atoms with van der Waals surface area (Å²) >= 11 is 10.0. The molecule has 0 saturated heterocycles. The van der Waals surface area contributed by atoms with E-state index in [1.165, 1.54) is 7.11 Å². The number of nitrogens with one attached hydrogen (secondary N) is 1. The minimum atomic E-state index is -3.26. The Morgan fingerprint density at radius 1 is 1.35 bits per heavy atom. The molecule has 0 amide bonds. The molecule has 5 atom stereocenters. The zero-order chi connectivity index (χ0) is 15.3. The van der Waals surface area contributed by atoms with E-state index in [0.29, 0.717) is 11.6 Å². The molecule has 6 nitrogen and oxygen atoms in total. The minimum absolute atomic E-state index is 0.00509. The summed E-state index contributed by atoms with van der Waals surface area (Å²) in [6.07, 6.45) is 0.0737. The lowest BCUT2D eigenvalue weighted by atomic mass is 10.1. The van der Waals surface area contributed by atoms with Crippen LogP contribution in [0.15, 0.2) is 0 Å². The van der Waals surface area contributed by atoms with E-state index in [4.69, 9.17) is 42.5 Å². The first-order chi connectivity index (χ1) is 9.34. The Balaban J connectivity index is 2.89. The molecule has 9 heteroatoms. The lowest BCUT2D eigenvalue weighted by Gasteiger charge is -2.28. The predicted molar refractivity (Wildman–Crippen MR) is 84.4 cm³/mol. The van der Waals surface area contributed by atoms with Gasteiger partial charge in [0.05, 0.1) is 17.6 Å². The Morgan fingerprint density at radius 3 is 2.45 bits per heavy atom. The third-order valence-electron chi connectivity index (χ3n) is 3.27. The molecule has 2 N–H and O–H groups in total. The minimum Gasteiger partial charge on any atom is -0.384 e. The second-order valence-corrected chi connectivity index (χ2v) is 8.19. The summed E-state index contributed by atoms with van der Waals surface area (Å²) < 4.78 is 21.2. The molecule has 1 aliphatic carbocycles. The van der Waals surface area contributed by atoms with Crippen molar-refractivity contribution in [1.82, 2.24) is 5.32 Å². The summed E-state index contributed by atoms with van der Waals surface area (Å²) in [6.45, 7) is -0.961. The Kier molecular flexibility index (Phi) is 7.45. The molecule has 0 heterocycles. The number of ether oxygens (including phenoxy) is 2. The number of hydrogen-bond donors (Lipinski definition) is 2. The quantitative estimate of drug-likeness (QED) is 0.528. The molecule has 0 aromatic rings. The molecular formula is C11H22NO5PS2. The molecule has 0 aromatic carbocycles. The molecule has 1 aliphatic rings. The number of hydrogen-bond acceptors (Lipinski definition) is 6. The van der Waals surface area contributed by atoms with Crippen molar-refractivity contribution >= 4 is 35.7 Å². The standard InChI is InChI=1S/C11H22NO5PS2/c1-7(19)12-9-5-8(6-14-2)10(11(9)15-3)17-18(13,20)16-4/h8-11H,5-6H2,1-4H3,(H,12,19)(H,13,20)/t8-,9+,10?,11-,18?/m1/s1. The van der Waals surface area contributed by atoms with Crippen LogP contribution in [0.4, 0.5) is 0 Å². The van der Waals surface area contributed by atoms with Crippen LogP contribution in [-0.2, 0) is 30.3 Å². The normalized spacial score (nSPS) is 32.9. The van der Waals surface area contributed by atoms with E-state index in [-0.39, 0.29) is 18.1 Å². The zero-order valence-corrected chi connectivity index (χ0v) is 14.6. The van der Waals surface area contributed by atoms with Crippen LogP contribution < -0.4 is 5.32 Å². The van der Waals surface area contributed by atoms with Gasteiger partial charge in [-0.25, -0.2) is 0 Å². The SMILES string of the molecule is COC[C@H]1C[C@H](NC(C)=S)[C@@H](OC)C1OP(O)(=S)OC. The molecule has 118 valence electrons. The van der Waals surface area contributed by atoms with E-state index < -0.39 is 12.8 Å². The Labute approximate surface area is 130 Å². The summed E-state index contributed by atoms with van der Waals surface area (Å²) in [6, 6.07) is -0.00509. The van der Waals surface area contributed by atoms with E-state index in [9.17, 15) is 4.89 Å². The van der Waals surface area contributed by atoms with Crippen LogP contribution >= 0.6 is 18.9 Å². The third-order valence-corrected chi connectivity index (χ3v) is 5.06. The largest absolute Gasteiger partial charge is 0.384 e. The van der Waals surface area contributed by atoms with Crippen LogP contribution in [0.5, 0.6) is 0 Å². The summed E-state index contributed by atoms with van der Waals surface area (Å²) in [7, 11) is 4.55. The van der Waals surface area contributed by atoms with Gasteiger partial charge in [0.2, 0.25) is 0 Å². The van der Waals surface area contributed by atoms with E-state index in [2.05, 4.69) is 5.32 Å². The second kappa shape index (κ2) is 8.10.